The van der Waals surface area contributed by atoms with Gasteiger partial charge in [-0.15, -0.1) is 0 Å². The summed E-state index contributed by atoms with van der Waals surface area (Å²) >= 11 is 0. The van der Waals surface area contributed by atoms with Crippen molar-refractivity contribution in [2.45, 2.75) is 64.1 Å². The third-order valence-corrected chi connectivity index (χ3v) is 6.47. The summed E-state index contributed by atoms with van der Waals surface area (Å²) in [4.78, 5) is 32.9. The number of amides is 1. The summed E-state index contributed by atoms with van der Waals surface area (Å²) in [5, 5.41) is 11.6. The predicted molar refractivity (Wildman–Crippen MR) is 108 cm³/mol. The zero-order valence-corrected chi connectivity index (χ0v) is 17.9. The number of carboxylic acids is 1. The number of fused-ring (bicyclic) bond motifs is 1. The average molecular weight is 405 g/mol. The van der Waals surface area contributed by atoms with Gasteiger partial charge in [-0.25, -0.2) is 9.97 Å². The Kier molecular flexibility index (Phi) is 5.85. The van der Waals surface area contributed by atoms with Gasteiger partial charge < -0.3 is 19.7 Å². The Morgan fingerprint density at radius 1 is 1.39 bits per heavy atom. The van der Waals surface area contributed by atoms with E-state index in [0.717, 1.165) is 24.6 Å². The van der Waals surface area contributed by atoms with Crippen LogP contribution in [0.2, 0.25) is 25.7 Å². The van der Waals surface area contributed by atoms with Crippen LogP contribution in [0.1, 0.15) is 41.7 Å². The summed E-state index contributed by atoms with van der Waals surface area (Å²) < 4.78 is 7.58. The highest BCUT2D eigenvalue weighted by atomic mass is 28.3. The molecule has 2 aromatic rings. The van der Waals surface area contributed by atoms with Gasteiger partial charge in [0.1, 0.15) is 18.3 Å². The largest absolute Gasteiger partial charge is 0.480 e. The smallest absolute Gasteiger partial charge is 0.325 e. The quantitative estimate of drug-likeness (QED) is 0.492. The van der Waals surface area contributed by atoms with Crippen molar-refractivity contribution in [3.63, 3.8) is 0 Å². The zero-order chi connectivity index (χ0) is 20.5. The topological polar surface area (TPSA) is 106 Å². The first-order valence-corrected chi connectivity index (χ1v) is 13.3. The number of carbonyl (C=O) groups excluding carboxylic acids is 1. The summed E-state index contributed by atoms with van der Waals surface area (Å²) in [6.07, 6.45) is 5.58. The van der Waals surface area contributed by atoms with Crippen molar-refractivity contribution in [2.75, 3.05) is 6.61 Å². The highest BCUT2D eigenvalue weighted by Crippen LogP contribution is 2.39. The predicted octanol–water partition coefficient (Wildman–Crippen LogP) is 2.82. The van der Waals surface area contributed by atoms with Crippen LogP contribution in [-0.2, 0) is 16.3 Å². The number of aromatic nitrogens is 3. The van der Waals surface area contributed by atoms with Crippen LogP contribution in [0.3, 0.4) is 0 Å². The van der Waals surface area contributed by atoms with E-state index in [4.69, 9.17) is 9.84 Å². The monoisotopic (exact) mass is 404 g/mol. The van der Waals surface area contributed by atoms with E-state index in [1.54, 1.807) is 17.0 Å². The fourth-order valence-electron chi connectivity index (χ4n) is 2.78. The second-order valence-corrected chi connectivity index (χ2v) is 14.3. The fourth-order valence-corrected chi connectivity index (χ4v) is 3.54. The summed E-state index contributed by atoms with van der Waals surface area (Å²) in [5.41, 5.74) is 2.27. The molecule has 0 saturated heterocycles. The van der Waals surface area contributed by atoms with Crippen LogP contribution in [0.25, 0.3) is 11.2 Å². The Balaban J connectivity index is 1.85. The second kappa shape index (κ2) is 8.00. The average Bonchev–Trinajstić information content (AvgIpc) is 3.39. The molecule has 1 fully saturated rings. The molecule has 3 rings (SSSR count). The Morgan fingerprint density at radius 3 is 2.71 bits per heavy atom. The van der Waals surface area contributed by atoms with Gasteiger partial charge in [-0.05, 0) is 25.8 Å². The van der Waals surface area contributed by atoms with Crippen LogP contribution in [0.15, 0.2) is 12.4 Å². The standard InChI is InChI=1S/C19H28N4O4Si/c1-12(19(25)26)21-18(24)14-10-23(11-27-7-8-28(2,3)4)17-16(14)22-15(9-20-17)13-5-6-13/h9-10,12-13H,5-8,11H2,1-4H3,(H,21,24)(H,25,26)/t12-/m1/s1. The van der Waals surface area contributed by atoms with Crippen molar-refractivity contribution in [2.24, 2.45) is 0 Å². The lowest BCUT2D eigenvalue weighted by molar-refractivity contribution is -0.138. The number of carbonyl (C=O) groups is 2. The maximum Gasteiger partial charge on any atom is 0.325 e. The second-order valence-electron chi connectivity index (χ2n) is 8.64. The molecular formula is C19H28N4O4Si. The molecule has 1 atom stereocenters. The Labute approximate surface area is 165 Å². The minimum absolute atomic E-state index is 0.278. The molecule has 0 unspecified atom stereocenters. The van der Waals surface area contributed by atoms with E-state index in [-0.39, 0.29) is 6.73 Å². The van der Waals surface area contributed by atoms with Crippen LogP contribution < -0.4 is 5.32 Å². The molecule has 152 valence electrons. The van der Waals surface area contributed by atoms with Gasteiger partial charge in [0.25, 0.3) is 5.91 Å². The van der Waals surface area contributed by atoms with Crippen LogP contribution in [0.4, 0.5) is 0 Å². The van der Waals surface area contributed by atoms with Gasteiger partial charge in [-0.3, -0.25) is 9.59 Å². The van der Waals surface area contributed by atoms with Crippen LogP contribution in [0.5, 0.6) is 0 Å². The Bertz CT molecular complexity index is 886. The minimum Gasteiger partial charge on any atom is -0.480 e. The van der Waals surface area contributed by atoms with E-state index < -0.39 is 26.0 Å². The molecule has 2 N–H and O–H groups in total. The highest BCUT2D eigenvalue weighted by molar-refractivity contribution is 6.76. The molecule has 1 aliphatic carbocycles. The van der Waals surface area contributed by atoms with Crippen molar-refractivity contribution in [3.8, 4) is 0 Å². The van der Waals surface area contributed by atoms with Crippen LogP contribution in [0, 0.1) is 0 Å². The molecule has 9 heteroatoms. The van der Waals surface area contributed by atoms with Crippen molar-refractivity contribution in [1.29, 1.82) is 0 Å². The molecule has 1 aliphatic rings. The normalized spacial score (nSPS) is 15.6. The Morgan fingerprint density at radius 2 is 2.11 bits per heavy atom. The summed E-state index contributed by atoms with van der Waals surface area (Å²) in [5.74, 6) is -1.15. The van der Waals surface area contributed by atoms with Gasteiger partial charge in [-0.1, -0.05) is 19.6 Å². The molecule has 2 aromatic heterocycles. The first-order chi connectivity index (χ1) is 13.2. The van der Waals surface area contributed by atoms with Crippen molar-refractivity contribution < 1.29 is 19.4 Å². The molecular weight excluding hydrogens is 376 g/mol. The fraction of sp³-hybridized carbons (Fsp3) is 0.579. The first kappa shape index (κ1) is 20.5. The number of hydrogen-bond acceptors (Lipinski definition) is 5. The third-order valence-electron chi connectivity index (χ3n) is 4.77. The van der Waals surface area contributed by atoms with E-state index in [9.17, 15) is 9.59 Å². The molecule has 1 amide bonds. The molecule has 0 radical (unpaired) electrons. The molecule has 0 aromatic carbocycles. The van der Waals surface area contributed by atoms with Crippen molar-refractivity contribution in [1.82, 2.24) is 19.9 Å². The maximum atomic E-state index is 12.7. The molecule has 0 aliphatic heterocycles. The summed E-state index contributed by atoms with van der Waals surface area (Å²) in [6, 6.07) is 0.0613. The van der Waals surface area contributed by atoms with E-state index in [1.165, 1.54) is 6.92 Å². The van der Waals surface area contributed by atoms with Gasteiger partial charge in [0.2, 0.25) is 0 Å². The number of ether oxygens (including phenoxy) is 1. The number of carboxylic acid groups (broad SMARTS) is 1. The van der Waals surface area contributed by atoms with Crippen molar-refractivity contribution >= 4 is 31.1 Å². The zero-order valence-electron chi connectivity index (χ0n) is 16.9. The van der Waals surface area contributed by atoms with Crippen LogP contribution >= 0.6 is 0 Å². The summed E-state index contributed by atoms with van der Waals surface area (Å²) in [6.45, 7) is 9.23. The van der Waals surface area contributed by atoms with E-state index in [0.29, 0.717) is 29.3 Å². The summed E-state index contributed by atoms with van der Waals surface area (Å²) in [7, 11) is -1.19. The van der Waals surface area contributed by atoms with E-state index in [2.05, 4.69) is 34.9 Å². The lowest BCUT2D eigenvalue weighted by atomic mass is 10.2. The number of hydrogen-bond donors (Lipinski definition) is 2. The van der Waals surface area contributed by atoms with Gasteiger partial charge in [0, 0.05) is 26.8 Å². The number of nitrogens with zero attached hydrogens (tertiary/aromatic N) is 3. The molecule has 2 heterocycles. The first-order valence-electron chi connectivity index (χ1n) is 9.63. The van der Waals surface area contributed by atoms with E-state index in [1.807, 2.05) is 0 Å². The molecule has 0 spiro atoms. The molecule has 0 bridgehead atoms. The Hall–Kier alpha value is -2.26. The molecule has 1 saturated carbocycles. The SMILES string of the molecule is C[C@@H](NC(=O)c1cn(COCC[Si](C)(C)C)c2ncc(C3CC3)nc12)C(=O)O. The van der Waals surface area contributed by atoms with Gasteiger partial charge >= 0.3 is 5.97 Å². The van der Waals surface area contributed by atoms with Gasteiger partial charge in [0.15, 0.2) is 5.65 Å². The number of nitrogens with one attached hydrogen (secondary N) is 1. The lowest BCUT2D eigenvalue weighted by Gasteiger charge is -2.15. The lowest BCUT2D eigenvalue weighted by Crippen LogP contribution is -2.38. The molecule has 28 heavy (non-hydrogen) atoms. The van der Waals surface area contributed by atoms with E-state index >= 15 is 0 Å². The van der Waals surface area contributed by atoms with Gasteiger partial charge in [-0.2, -0.15) is 0 Å². The molecule has 8 nitrogen and oxygen atoms in total. The van der Waals surface area contributed by atoms with Gasteiger partial charge in [0.05, 0.1) is 17.5 Å². The maximum absolute atomic E-state index is 12.7. The van der Waals surface area contributed by atoms with Crippen molar-refractivity contribution in [3.05, 3.63) is 23.7 Å². The van der Waals surface area contributed by atoms with Crippen LogP contribution in [-0.4, -0.2) is 52.2 Å². The highest BCUT2D eigenvalue weighted by Gasteiger charge is 2.28. The number of rotatable bonds is 9. The minimum atomic E-state index is -1.19. The number of aliphatic carboxylic acids is 1. The third kappa shape index (κ3) is 4.96.